The summed E-state index contributed by atoms with van der Waals surface area (Å²) in [5, 5.41) is 0. The topological polar surface area (TPSA) is 44.1 Å². The predicted octanol–water partition coefficient (Wildman–Crippen LogP) is 3.45. The number of carbonyl (C=O) groups is 1. The van der Waals surface area contributed by atoms with E-state index in [0.717, 1.165) is 24.8 Å². The van der Waals surface area contributed by atoms with Gasteiger partial charge in [0.25, 0.3) is 0 Å². The fraction of sp³-hybridized carbons (Fsp3) is 0.368. The summed E-state index contributed by atoms with van der Waals surface area (Å²) in [4.78, 5) is 16.5. The molecule has 1 aliphatic carbocycles. The smallest absolute Gasteiger partial charge is 0.356 e. The monoisotopic (exact) mass is 308 g/mol. The number of carbonyl (C=O) groups excluding carboxylic acids is 1. The van der Waals surface area contributed by atoms with Gasteiger partial charge in [-0.15, -0.1) is 6.42 Å². The molecule has 0 bridgehead atoms. The van der Waals surface area contributed by atoms with Crippen LogP contribution in [0.15, 0.2) is 42.9 Å². The Bertz CT molecular complexity index is 723. The van der Waals surface area contributed by atoms with Gasteiger partial charge in [-0.1, -0.05) is 42.7 Å². The summed E-state index contributed by atoms with van der Waals surface area (Å²) in [6.45, 7) is 2.32. The van der Waals surface area contributed by atoms with Crippen molar-refractivity contribution in [3.05, 3.63) is 54.1 Å². The number of esters is 1. The summed E-state index contributed by atoms with van der Waals surface area (Å²) in [7, 11) is 0. The zero-order valence-corrected chi connectivity index (χ0v) is 13.2. The summed E-state index contributed by atoms with van der Waals surface area (Å²) < 4.78 is 7.30. The number of benzene rings is 1. The molecule has 1 atom stereocenters. The first-order chi connectivity index (χ1) is 11.2. The van der Waals surface area contributed by atoms with Crippen molar-refractivity contribution in [1.82, 2.24) is 9.55 Å². The fourth-order valence-corrected chi connectivity index (χ4v) is 2.88. The number of ether oxygens (including phenoxy) is 1. The zero-order chi connectivity index (χ0) is 16.3. The predicted molar refractivity (Wildman–Crippen MR) is 87.9 cm³/mol. The Hall–Kier alpha value is -2.54. The number of hydrogen-bond acceptors (Lipinski definition) is 3. The van der Waals surface area contributed by atoms with Crippen LogP contribution in [0, 0.1) is 17.8 Å². The van der Waals surface area contributed by atoms with Gasteiger partial charge in [0.05, 0.1) is 24.0 Å². The quantitative estimate of drug-likeness (QED) is 0.627. The minimum Gasteiger partial charge on any atom is -0.459 e. The average Bonchev–Trinajstić information content (AvgIpc) is 3.04. The molecule has 4 nitrogen and oxygen atoms in total. The van der Waals surface area contributed by atoms with Crippen LogP contribution >= 0.6 is 0 Å². The Morgan fingerprint density at radius 3 is 2.78 bits per heavy atom. The van der Waals surface area contributed by atoms with Gasteiger partial charge in [0.1, 0.15) is 12.3 Å². The van der Waals surface area contributed by atoms with Crippen LogP contribution in [0.2, 0.25) is 0 Å². The van der Waals surface area contributed by atoms with Crippen molar-refractivity contribution in [2.75, 3.05) is 6.61 Å². The number of terminal acetylenes is 1. The third-order valence-electron chi connectivity index (χ3n) is 4.67. The molecule has 1 heterocycles. The van der Waals surface area contributed by atoms with E-state index < -0.39 is 0 Å². The lowest BCUT2D eigenvalue weighted by Crippen LogP contribution is -2.34. The first-order valence-corrected chi connectivity index (χ1v) is 7.87. The van der Waals surface area contributed by atoms with Crippen molar-refractivity contribution in [2.24, 2.45) is 5.41 Å². The van der Waals surface area contributed by atoms with Crippen LogP contribution in [0.3, 0.4) is 0 Å². The van der Waals surface area contributed by atoms with Gasteiger partial charge >= 0.3 is 5.97 Å². The van der Waals surface area contributed by atoms with Gasteiger partial charge < -0.3 is 9.30 Å². The Balaban J connectivity index is 1.73. The van der Waals surface area contributed by atoms with Crippen molar-refractivity contribution in [3.63, 3.8) is 0 Å². The second kappa shape index (κ2) is 6.29. The standard InChI is InChI=1S/C19H20N2O2/c1-3-19(10-7-11-19)13-23-18(22)17-12-20-14-21(17)15(2)16-8-5-4-6-9-16/h1,4-6,8-9,12,14-15H,7,10-11,13H2,2H3/t15-/m1/s1. The maximum absolute atomic E-state index is 12.4. The third kappa shape index (κ3) is 3.00. The molecule has 1 fully saturated rings. The molecule has 1 aliphatic rings. The van der Waals surface area contributed by atoms with Crippen molar-refractivity contribution in [2.45, 2.75) is 32.2 Å². The van der Waals surface area contributed by atoms with Crippen LogP contribution in [0.25, 0.3) is 0 Å². The molecule has 0 N–H and O–H groups in total. The summed E-state index contributed by atoms with van der Waals surface area (Å²) >= 11 is 0. The highest BCUT2D eigenvalue weighted by molar-refractivity contribution is 5.87. The number of nitrogens with zero attached hydrogens (tertiary/aromatic N) is 2. The van der Waals surface area contributed by atoms with E-state index >= 15 is 0 Å². The number of rotatable bonds is 5. The molecule has 0 spiro atoms. The van der Waals surface area contributed by atoms with E-state index in [1.165, 1.54) is 0 Å². The van der Waals surface area contributed by atoms with Crippen LogP contribution in [0.1, 0.15) is 48.3 Å². The molecule has 4 heteroatoms. The SMILES string of the molecule is C#CC1(COC(=O)c2cncn2[C@H](C)c2ccccc2)CCC1. The van der Waals surface area contributed by atoms with E-state index in [4.69, 9.17) is 11.2 Å². The van der Waals surface area contributed by atoms with Gasteiger partial charge in [-0.2, -0.15) is 0 Å². The molecule has 3 rings (SSSR count). The molecule has 1 aromatic heterocycles. The molecule has 0 unspecified atom stereocenters. The maximum atomic E-state index is 12.4. The zero-order valence-electron chi connectivity index (χ0n) is 13.2. The first kappa shape index (κ1) is 15.4. The molecule has 0 saturated heterocycles. The van der Waals surface area contributed by atoms with Crippen LogP contribution in [-0.2, 0) is 4.74 Å². The Labute approximate surface area is 136 Å². The number of hydrogen-bond donors (Lipinski definition) is 0. The normalized spacial score (nSPS) is 16.9. The summed E-state index contributed by atoms with van der Waals surface area (Å²) in [6, 6.07) is 9.99. The second-order valence-electron chi connectivity index (χ2n) is 6.13. The van der Waals surface area contributed by atoms with Gasteiger partial charge in [0.15, 0.2) is 0 Å². The maximum Gasteiger partial charge on any atom is 0.356 e. The van der Waals surface area contributed by atoms with E-state index in [1.807, 2.05) is 41.8 Å². The van der Waals surface area contributed by atoms with Crippen LogP contribution in [0.5, 0.6) is 0 Å². The van der Waals surface area contributed by atoms with E-state index in [2.05, 4.69) is 10.9 Å². The van der Waals surface area contributed by atoms with Crippen LogP contribution in [-0.4, -0.2) is 22.1 Å². The summed E-state index contributed by atoms with van der Waals surface area (Å²) in [5.41, 5.74) is 1.30. The van der Waals surface area contributed by atoms with Gasteiger partial charge in [-0.3, -0.25) is 0 Å². The molecule has 23 heavy (non-hydrogen) atoms. The fourth-order valence-electron chi connectivity index (χ4n) is 2.88. The van der Waals surface area contributed by atoms with Crippen molar-refractivity contribution < 1.29 is 9.53 Å². The highest BCUT2D eigenvalue weighted by atomic mass is 16.5. The van der Waals surface area contributed by atoms with Crippen molar-refractivity contribution >= 4 is 5.97 Å². The van der Waals surface area contributed by atoms with E-state index in [0.29, 0.717) is 5.69 Å². The van der Waals surface area contributed by atoms with E-state index in [9.17, 15) is 4.79 Å². The van der Waals surface area contributed by atoms with Gasteiger partial charge in [0.2, 0.25) is 0 Å². The van der Waals surface area contributed by atoms with Crippen LogP contribution < -0.4 is 0 Å². The van der Waals surface area contributed by atoms with Gasteiger partial charge in [0, 0.05) is 0 Å². The molecule has 0 radical (unpaired) electrons. The molecular formula is C19H20N2O2. The van der Waals surface area contributed by atoms with Crippen LogP contribution in [0.4, 0.5) is 0 Å². The van der Waals surface area contributed by atoms with Crippen molar-refractivity contribution in [1.29, 1.82) is 0 Å². The summed E-state index contributed by atoms with van der Waals surface area (Å²) in [6.07, 6.45) is 11.7. The Morgan fingerprint density at radius 2 is 2.17 bits per heavy atom. The molecule has 0 aliphatic heterocycles. The number of imidazole rings is 1. The summed E-state index contributed by atoms with van der Waals surface area (Å²) in [5.74, 6) is 2.41. The largest absolute Gasteiger partial charge is 0.459 e. The molecule has 1 saturated carbocycles. The minimum absolute atomic E-state index is 0.00606. The number of aromatic nitrogens is 2. The third-order valence-corrected chi connectivity index (χ3v) is 4.67. The molecule has 2 aromatic rings. The Kier molecular flexibility index (Phi) is 4.20. The van der Waals surface area contributed by atoms with Crippen molar-refractivity contribution in [3.8, 4) is 12.3 Å². The van der Waals surface area contributed by atoms with Gasteiger partial charge in [-0.05, 0) is 25.3 Å². The minimum atomic E-state index is -0.369. The van der Waals surface area contributed by atoms with E-state index in [1.54, 1.807) is 12.5 Å². The molecule has 1 aromatic carbocycles. The molecular weight excluding hydrogens is 288 g/mol. The Morgan fingerprint density at radius 1 is 1.43 bits per heavy atom. The lowest BCUT2D eigenvalue weighted by molar-refractivity contribution is 0.0222. The van der Waals surface area contributed by atoms with Gasteiger partial charge in [-0.25, -0.2) is 9.78 Å². The first-order valence-electron chi connectivity index (χ1n) is 7.87. The molecule has 118 valence electrons. The van der Waals surface area contributed by atoms with E-state index in [-0.39, 0.29) is 24.0 Å². The highest BCUT2D eigenvalue weighted by Crippen LogP contribution is 2.40. The lowest BCUT2D eigenvalue weighted by atomic mass is 9.70. The second-order valence-corrected chi connectivity index (χ2v) is 6.13. The lowest BCUT2D eigenvalue weighted by Gasteiger charge is -2.36. The average molecular weight is 308 g/mol. The molecule has 0 amide bonds. The highest BCUT2D eigenvalue weighted by Gasteiger charge is 2.36.